The van der Waals surface area contributed by atoms with E-state index in [1.807, 2.05) is 75.4 Å². The molecule has 8 heteroatoms. The minimum Gasteiger partial charge on any atom is -0.494 e. The van der Waals surface area contributed by atoms with Gasteiger partial charge in [0.2, 0.25) is 5.82 Å². The molecular formula is C27H32N4O3S. The molecule has 1 aromatic heterocycles. The molecule has 0 bridgehead atoms. The fourth-order valence-electron chi connectivity index (χ4n) is 4.08. The van der Waals surface area contributed by atoms with Gasteiger partial charge in [-0.2, -0.15) is 4.98 Å². The molecule has 3 aromatic rings. The molecule has 184 valence electrons. The zero-order valence-corrected chi connectivity index (χ0v) is 21.5. The number of nitrogens with one attached hydrogen (secondary N) is 1. The lowest BCUT2D eigenvalue weighted by atomic mass is 9.94. The fourth-order valence-corrected chi connectivity index (χ4v) is 4.43. The molecule has 0 spiro atoms. The predicted molar refractivity (Wildman–Crippen MR) is 141 cm³/mol. The van der Waals surface area contributed by atoms with Crippen molar-refractivity contribution in [2.24, 2.45) is 0 Å². The van der Waals surface area contributed by atoms with Crippen molar-refractivity contribution in [2.45, 2.75) is 46.3 Å². The Labute approximate surface area is 212 Å². The van der Waals surface area contributed by atoms with Crippen molar-refractivity contribution < 1.29 is 14.0 Å². The molecule has 35 heavy (non-hydrogen) atoms. The summed E-state index contributed by atoms with van der Waals surface area (Å²) >= 11 is 5.78. The summed E-state index contributed by atoms with van der Waals surface area (Å²) in [5.41, 5.74) is 3.83. The highest BCUT2D eigenvalue weighted by molar-refractivity contribution is 7.80. The number of rotatable bonds is 10. The number of nitrogens with zero attached hydrogens (tertiary/aromatic N) is 3. The highest BCUT2D eigenvalue weighted by atomic mass is 32.1. The lowest BCUT2D eigenvalue weighted by molar-refractivity contribution is 0.0749. The van der Waals surface area contributed by atoms with Gasteiger partial charge in [0.25, 0.3) is 5.89 Å². The Bertz CT molecular complexity index is 1160. The minimum atomic E-state index is -0.231. The Morgan fingerprint density at radius 3 is 2.54 bits per heavy atom. The molecule has 0 saturated carbocycles. The molecule has 0 amide bonds. The lowest BCUT2D eigenvalue weighted by Gasteiger charge is -2.37. The largest absolute Gasteiger partial charge is 0.494 e. The van der Waals surface area contributed by atoms with E-state index in [1.54, 1.807) is 0 Å². The Morgan fingerprint density at radius 2 is 1.86 bits per heavy atom. The van der Waals surface area contributed by atoms with E-state index >= 15 is 0 Å². The normalized spacial score (nSPS) is 16.1. The number of allylic oxidation sites excluding steroid dienone is 1. The summed E-state index contributed by atoms with van der Waals surface area (Å²) in [6.07, 6.45) is 1.05. The second kappa shape index (κ2) is 11.5. The van der Waals surface area contributed by atoms with Gasteiger partial charge in [0.15, 0.2) is 5.11 Å². The molecule has 4 rings (SSSR count). The first-order chi connectivity index (χ1) is 17.0. The molecule has 0 aliphatic carbocycles. The summed E-state index contributed by atoms with van der Waals surface area (Å²) in [6.45, 7) is 10.1. The maximum absolute atomic E-state index is 5.81. The van der Waals surface area contributed by atoms with E-state index in [0.29, 0.717) is 30.0 Å². The van der Waals surface area contributed by atoms with Crippen molar-refractivity contribution in [3.63, 3.8) is 0 Å². The fraction of sp³-hybridized carbons (Fsp3) is 0.370. The Morgan fingerprint density at radius 1 is 1.11 bits per heavy atom. The van der Waals surface area contributed by atoms with Crippen LogP contribution in [0.25, 0.3) is 17.0 Å². The molecule has 0 radical (unpaired) electrons. The maximum Gasteiger partial charge on any atom is 0.258 e. The number of thiocarbonyl (C=S) groups is 1. The lowest BCUT2D eigenvalue weighted by Crippen LogP contribution is -2.46. The van der Waals surface area contributed by atoms with E-state index in [1.165, 1.54) is 0 Å². The van der Waals surface area contributed by atoms with Gasteiger partial charge in [-0.1, -0.05) is 47.6 Å². The summed E-state index contributed by atoms with van der Waals surface area (Å²) in [5.74, 6) is 1.85. The van der Waals surface area contributed by atoms with Crippen molar-refractivity contribution in [3.8, 4) is 17.1 Å². The second-order valence-corrected chi connectivity index (χ2v) is 8.98. The summed E-state index contributed by atoms with van der Waals surface area (Å²) < 4.78 is 17.2. The highest BCUT2D eigenvalue weighted by Crippen LogP contribution is 2.38. The number of hydrogen-bond donors (Lipinski definition) is 1. The summed E-state index contributed by atoms with van der Waals surface area (Å²) in [5, 5.41) is 8.43. The monoisotopic (exact) mass is 492 g/mol. The van der Waals surface area contributed by atoms with Gasteiger partial charge in [0, 0.05) is 24.4 Å². The number of ether oxygens (including phenoxy) is 2. The molecule has 0 saturated heterocycles. The van der Waals surface area contributed by atoms with Gasteiger partial charge in [0.1, 0.15) is 5.75 Å². The zero-order chi connectivity index (χ0) is 24.8. The van der Waals surface area contributed by atoms with Crippen molar-refractivity contribution >= 4 is 22.9 Å². The van der Waals surface area contributed by atoms with Crippen LogP contribution in [0.15, 0.2) is 64.8 Å². The SMILES string of the molecule is CCOc1ccc(C2NC(=S)N(CCCOC(C)C)C(C)=C2c2nc(-c3ccccc3)no2)cc1. The van der Waals surface area contributed by atoms with Crippen LogP contribution in [0.4, 0.5) is 0 Å². The van der Waals surface area contributed by atoms with Crippen molar-refractivity contribution in [3.05, 3.63) is 71.7 Å². The average Bonchev–Trinajstić information content (AvgIpc) is 3.34. The Balaban J connectivity index is 1.69. The van der Waals surface area contributed by atoms with Crippen molar-refractivity contribution in [1.82, 2.24) is 20.4 Å². The van der Waals surface area contributed by atoms with Crippen molar-refractivity contribution in [2.75, 3.05) is 19.8 Å². The third kappa shape index (κ3) is 5.89. The van der Waals surface area contributed by atoms with Gasteiger partial charge in [-0.3, -0.25) is 0 Å². The first-order valence-electron chi connectivity index (χ1n) is 12.0. The van der Waals surface area contributed by atoms with Gasteiger partial charge in [-0.25, -0.2) is 0 Å². The number of hydrogen-bond acceptors (Lipinski definition) is 6. The third-order valence-electron chi connectivity index (χ3n) is 5.79. The summed E-state index contributed by atoms with van der Waals surface area (Å²) in [7, 11) is 0. The number of benzene rings is 2. The van der Waals surface area contributed by atoms with Gasteiger partial charge in [0.05, 0.1) is 24.3 Å². The molecule has 1 atom stereocenters. The first-order valence-corrected chi connectivity index (χ1v) is 12.4. The summed E-state index contributed by atoms with van der Waals surface area (Å²) in [4.78, 5) is 6.85. The smallest absolute Gasteiger partial charge is 0.258 e. The Kier molecular flexibility index (Phi) is 8.15. The van der Waals surface area contributed by atoms with Crippen LogP contribution in [-0.4, -0.2) is 46.0 Å². The van der Waals surface area contributed by atoms with Crippen LogP contribution in [0.1, 0.15) is 51.6 Å². The molecule has 2 heterocycles. The van der Waals surface area contributed by atoms with E-state index in [9.17, 15) is 0 Å². The predicted octanol–water partition coefficient (Wildman–Crippen LogP) is 5.61. The highest BCUT2D eigenvalue weighted by Gasteiger charge is 2.34. The van der Waals surface area contributed by atoms with E-state index in [2.05, 4.69) is 22.3 Å². The first kappa shape index (κ1) is 24.9. The van der Waals surface area contributed by atoms with Crippen LogP contribution in [-0.2, 0) is 4.74 Å². The zero-order valence-electron chi connectivity index (χ0n) is 20.7. The van der Waals surface area contributed by atoms with Crippen LogP contribution in [0.2, 0.25) is 0 Å². The molecule has 1 unspecified atom stereocenters. The minimum absolute atomic E-state index is 0.201. The van der Waals surface area contributed by atoms with Crippen LogP contribution in [0.3, 0.4) is 0 Å². The quantitative estimate of drug-likeness (QED) is 0.289. The van der Waals surface area contributed by atoms with Crippen LogP contribution < -0.4 is 10.1 Å². The average molecular weight is 493 g/mol. The van der Waals surface area contributed by atoms with Gasteiger partial charge >= 0.3 is 0 Å². The summed E-state index contributed by atoms with van der Waals surface area (Å²) in [6, 6.07) is 17.6. The molecule has 1 aliphatic heterocycles. The molecule has 7 nitrogen and oxygen atoms in total. The standard InChI is InChI=1S/C27H32N4O3S/c1-5-32-22-14-12-20(13-15-22)24-23(26-29-25(30-34-26)21-10-7-6-8-11-21)19(4)31(27(35)28-24)16-9-17-33-18(2)3/h6-8,10-15,18,24H,5,9,16-17H2,1-4H3,(H,28,35). The van der Waals surface area contributed by atoms with Crippen LogP contribution in [0, 0.1) is 0 Å². The second-order valence-electron chi connectivity index (χ2n) is 8.60. The Hall–Kier alpha value is -3.23. The van der Waals surface area contributed by atoms with E-state index in [-0.39, 0.29) is 12.1 Å². The topological polar surface area (TPSA) is 72.7 Å². The van der Waals surface area contributed by atoms with Crippen LogP contribution >= 0.6 is 12.2 Å². The maximum atomic E-state index is 5.81. The molecule has 2 aromatic carbocycles. The molecular weight excluding hydrogens is 460 g/mol. The molecule has 0 fully saturated rings. The number of aromatic nitrogens is 2. The van der Waals surface area contributed by atoms with Crippen molar-refractivity contribution in [1.29, 1.82) is 0 Å². The van der Waals surface area contributed by atoms with Crippen LogP contribution in [0.5, 0.6) is 5.75 Å². The van der Waals surface area contributed by atoms with E-state index < -0.39 is 0 Å². The molecule has 1 N–H and O–H groups in total. The third-order valence-corrected chi connectivity index (χ3v) is 6.12. The van der Waals surface area contributed by atoms with Gasteiger partial charge < -0.3 is 24.2 Å². The molecule has 1 aliphatic rings. The van der Waals surface area contributed by atoms with Gasteiger partial charge in [-0.05, 0) is 64.0 Å². The van der Waals surface area contributed by atoms with E-state index in [4.69, 9.17) is 31.2 Å². The van der Waals surface area contributed by atoms with E-state index in [0.717, 1.165) is 41.1 Å². The van der Waals surface area contributed by atoms with Gasteiger partial charge in [-0.15, -0.1) is 0 Å².